The normalized spacial score (nSPS) is 16.6. The summed E-state index contributed by atoms with van der Waals surface area (Å²) in [5.41, 5.74) is 3.63. The van der Waals surface area contributed by atoms with Crippen molar-refractivity contribution in [3.05, 3.63) is 84.6 Å². The molecule has 0 radical (unpaired) electrons. The minimum atomic E-state index is 0.0747. The zero-order chi connectivity index (χ0) is 18.9. The summed E-state index contributed by atoms with van der Waals surface area (Å²) in [4.78, 5) is 23.4. The highest BCUT2D eigenvalue weighted by Gasteiger charge is 2.30. The quantitative estimate of drug-likeness (QED) is 0.555. The summed E-state index contributed by atoms with van der Waals surface area (Å²) in [6, 6.07) is 17.4. The van der Waals surface area contributed by atoms with Crippen LogP contribution in [0.1, 0.15) is 28.5 Å². The highest BCUT2D eigenvalue weighted by Crippen LogP contribution is 2.27. The van der Waals surface area contributed by atoms with Gasteiger partial charge in [0.2, 0.25) is 0 Å². The van der Waals surface area contributed by atoms with Crippen LogP contribution in [0, 0.1) is 0 Å². The lowest BCUT2D eigenvalue weighted by Crippen LogP contribution is -2.28. The van der Waals surface area contributed by atoms with Gasteiger partial charge in [0.15, 0.2) is 11.5 Å². The maximum absolute atomic E-state index is 12.7. The van der Waals surface area contributed by atoms with Gasteiger partial charge in [0, 0.05) is 54.3 Å². The van der Waals surface area contributed by atoms with Gasteiger partial charge in [0.05, 0.1) is 0 Å². The van der Waals surface area contributed by atoms with E-state index in [0.29, 0.717) is 6.54 Å². The van der Waals surface area contributed by atoms with Crippen LogP contribution in [0.3, 0.4) is 0 Å². The molecule has 1 unspecified atom stereocenters. The molecule has 1 fully saturated rings. The number of aromatic nitrogens is 4. The van der Waals surface area contributed by atoms with Crippen LogP contribution in [0.5, 0.6) is 0 Å². The smallest absolute Gasteiger partial charge is 0.253 e. The number of likely N-dealkylation sites (tertiary alicyclic amines) is 1. The molecule has 3 aromatic heterocycles. The number of carbonyl (C=O) groups is 1. The van der Waals surface area contributed by atoms with E-state index in [1.807, 2.05) is 76.4 Å². The molecule has 138 valence electrons. The van der Waals surface area contributed by atoms with Gasteiger partial charge in [-0.1, -0.05) is 24.3 Å². The van der Waals surface area contributed by atoms with Crippen LogP contribution in [-0.4, -0.2) is 43.5 Å². The van der Waals surface area contributed by atoms with Crippen molar-refractivity contribution in [1.82, 2.24) is 24.5 Å². The van der Waals surface area contributed by atoms with Gasteiger partial charge in [-0.3, -0.25) is 9.78 Å². The zero-order valence-corrected chi connectivity index (χ0v) is 15.3. The van der Waals surface area contributed by atoms with Crippen LogP contribution in [0.2, 0.25) is 0 Å². The molecule has 0 spiro atoms. The standard InChI is InChI=1S/C22H19N5O/c28-22(16-5-2-1-3-6-16)26-12-10-19(14-26)21-24-20-9-8-18(15-27(20)25-21)17-7-4-11-23-13-17/h1-9,11,13,15,19H,10,12,14H2. The van der Waals surface area contributed by atoms with Crippen molar-refractivity contribution in [3.63, 3.8) is 0 Å². The van der Waals surface area contributed by atoms with Gasteiger partial charge in [-0.05, 0) is 36.8 Å². The second kappa shape index (κ2) is 6.88. The van der Waals surface area contributed by atoms with E-state index in [4.69, 9.17) is 10.1 Å². The number of fused-ring (bicyclic) bond motifs is 1. The average molecular weight is 369 g/mol. The Kier molecular flexibility index (Phi) is 4.09. The molecule has 0 bridgehead atoms. The Morgan fingerprint density at radius 2 is 1.89 bits per heavy atom. The maximum atomic E-state index is 12.7. The van der Waals surface area contributed by atoms with E-state index >= 15 is 0 Å². The number of nitrogens with zero attached hydrogens (tertiary/aromatic N) is 5. The summed E-state index contributed by atoms with van der Waals surface area (Å²) in [5, 5.41) is 4.69. The van der Waals surface area contributed by atoms with Gasteiger partial charge in [-0.25, -0.2) is 9.50 Å². The largest absolute Gasteiger partial charge is 0.338 e. The molecule has 5 rings (SSSR count). The van der Waals surface area contributed by atoms with Gasteiger partial charge < -0.3 is 4.90 Å². The number of benzene rings is 1. The Morgan fingerprint density at radius 1 is 1.00 bits per heavy atom. The first-order valence-corrected chi connectivity index (χ1v) is 9.39. The molecule has 1 amide bonds. The lowest BCUT2D eigenvalue weighted by molar-refractivity contribution is 0.0790. The minimum absolute atomic E-state index is 0.0747. The average Bonchev–Trinajstić information content (AvgIpc) is 3.41. The van der Waals surface area contributed by atoms with Crippen LogP contribution in [0.4, 0.5) is 0 Å². The summed E-state index contributed by atoms with van der Waals surface area (Å²) >= 11 is 0. The highest BCUT2D eigenvalue weighted by atomic mass is 16.2. The molecule has 1 atom stereocenters. The summed E-state index contributed by atoms with van der Waals surface area (Å²) in [5.74, 6) is 1.03. The molecule has 28 heavy (non-hydrogen) atoms. The first-order valence-electron chi connectivity index (χ1n) is 9.39. The fourth-order valence-electron chi connectivity index (χ4n) is 3.70. The molecule has 6 heteroatoms. The minimum Gasteiger partial charge on any atom is -0.338 e. The summed E-state index contributed by atoms with van der Waals surface area (Å²) in [6.45, 7) is 1.38. The molecule has 1 aromatic carbocycles. The number of rotatable bonds is 3. The van der Waals surface area contributed by atoms with Crippen molar-refractivity contribution < 1.29 is 4.79 Å². The van der Waals surface area contributed by atoms with Crippen LogP contribution in [0.25, 0.3) is 16.8 Å². The monoisotopic (exact) mass is 369 g/mol. The number of hydrogen-bond donors (Lipinski definition) is 0. The van der Waals surface area contributed by atoms with Crippen molar-refractivity contribution in [1.29, 1.82) is 0 Å². The SMILES string of the molecule is O=C(c1ccccc1)N1CCC(c2nc3ccc(-c4cccnc4)cn3n2)C1. The highest BCUT2D eigenvalue weighted by molar-refractivity contribution is 5.94. The van der Waals surface area contributed by atoms with Crippen molar-refractivity contribution in [2.45, 2.75) is 12.3 Å². The molecule has 6 nitrogen and oxygen atoms in total. The molecule has 1 aliphatic rings. The fourth-order valence-corrected chi connectivity index (χ4v) is 3.70. The van der Waals surface area contributed by atoms with Gasteiger partial charge in [-0.2, -0.15) is 5.10 Å². The second-order valence-electron chi connectivity index (χ2n) is 7.04. The van der Waals surface area contributed by atoms with Gasteiger partial charge in [-0.15, -0.1) is 0 Å². The Balaban J connectivity index is 1.37. The number of carbonyl (C=O) groups excluding carboxylic acids is 1. The molecule has 0 saturated carbocycles. The van der Waals surface area contributed by atoms with E-state index in [1.165, 1.54) is 0 Å². The van der Waals surface area contributed by atoms with Crippen molar-refractivity contribution in [2.75, 3.05) is 13.1 Å². The zero-order valence-electron chi connectivity index (χ0n) is 15.3. The molecule has 0 aliphatic carbocycles. The predicted molar refractivity (Wildman–Crippen MR) is 106 cm³/mol. The topological polar surface area (TPSA) is 63.4 Å². The van der Waals surface area contributed by atoms with E-state index in [-0.39, 0.29) is 11.8 Å². The summed E-state index contributed by atoms with van der Waals surface area (Å²) in [6.07, 6.45) is 6.46. The number of pyridine rings is 2. The molecule has 1 aliphatic heterocycles. The number of hydrogen-bond acceptors (Lipinski definition) is 4. The third kappa shape index (κ3) is 3.03. The van der Waals surface area contributed by atoms with Crippen molar-refractivity contribution in [2.24, 2.45) is 0 Å². The van der Waals surface area contributed by atoms with Crippen molar-refractivity contribution in [3.8, 4) is 11.1 Å². The number of amides is 1. The Labute approximate surface area is 162 Å². The first-order chi connectivity index (χ1) is 13.8. The van der Waals surface area contributed by atoms with E-state index in [2.05, 4.69) is 4.98 Å². The van der Waals surface area contributed by atoms with Gasteiger partial charge in [0.25, 0.3) is 5.91 Å². The van der Waals surface area contributed by atoms with E-state index < -0.39 is 0 Å². The summed E-state index contributed by atoms with van der Waals surface area (Å²) < 4.78 is 1.82. The molecule has 4 heterocycles. The molecule has 4 aromatic rings. The Bertz CT molecular complexity index is 1120. The molecule has 1 saturated heterocycles. The third-order valence-corrected chi connectivity index (χ3v) is 5.20. The van der Waals surface area contributed by atoms with Crippen molar-refractivity contribution >= 4 is 11.6 Å². The van der Waals surface area contributed by atoms with Crippen LogP contribution in [-0.2, 0) is 0 Å². The van der Waals surface area contributed by atoms with Crippen LogP contribution < -0.4 is 0 Å². The molecular formula is C22H19N5O. The predicted octanol–water partition coefficient (Wildman–Crippen LogP) is 3.42. The lowest BCUT2D eigenvalue weighted by Gasteiger charge is -2.15. The maximum Gasteiger partial charge on any atom is 0.253 e. The summed E-state index contributed by atoms with van der Waals surface area (Å²) in [7, 11) is 0. The lowest BCUT2D eigenvalue weighted by atomic mass is 10.1. The van der Waals surface area contributed by atoms with Gasteiger partial charge in [0.1, 0.15) is 0 Å². The van der Waals surface area contributed by atoms with Crippen LogP contribution >= 0.6 is 0 Å². The van der Waals surface area contributed by atoms with Gasteiger partial charge >= 0.3 is 0 Å². The molecule has 0 N–H and O–H groups in total. The first kappa shape index (κ1) is 16.6. The van der Waals surface area contributed by atoms with Crippen LogP contribution in [0.15, 0.2) is 73.2 Å². The van der Waals surface area contributed by atoms with E-state index in [1.54, 1.807) is 6.20 Å². The third-order valence-electron chi connectivity index (χ3n) is 5.20. The van der Waals surface area contributed by atoms with E-state index in [0.717, 1.165) is 41.1 Å². The Hall–Kier alpha value is -3.54. The van der Waals surface area contributed by atoms with E-state index in [9.17, 15) is 4.79 Å². The fraction of sp³-hybridized carbons (Fsp3) is 0.182. The second-order valence-corrected chi connectivity index (χ2v) is 7.04. The Morgan fingerprint density at radius 3 is 2.71 bits per heavy atom. The molecular weight excluding hydrogens is 350 g/mol.